The minimum absolute atomic E-state index is 0.473. The largest absolute Gasteiger partial charge is 0.456 e. The molecule has 0 saturated heterocycles. The molecule has 14 rings (SSSR count). The highest BCUT2D eigenvalue weighted by Gasteiger charge is 2.46. The standard InChI is InChI=1S/C63H38O2/c1-3-15-42(16-4-1)63(43-17-5-2-6-18-43)56-26-10-7-19-46(56)55-35-41(31-34-57(55)63)62-51-24-13-22-44(39-29-32-49-47-20-8-11-27-58(47)64-60(49)36-39)53(51)38-54-45(23-14-25-52(54)62)40-30-33-50-48-21-9-12-28-59(48)65-61(50)37-40/h1-38H. The lowest BCUT2D eigenvalue weighted by Gasteiger charge is -2.33. The van der Waals surface area contributed by atoms with Gasteiger partial charge in [0.15, 0.2) is 0 Å². The number of hydrogen-bond acceptors (Lipinski definition) is 2. The molecule has 0 fully saturated rings. The van der Waals surface area contributed by atoms with Gasteiger partial charge in [-0.3, -0.25) is 0 Å². The van der Waals surface area contributed by atoms with Crippen molar-refractivity contribution < 1.29 is 8.83 Å². The van der Waals surface area contributed by atoms with E-state index in [1.54, 1.807) is 0 Å². The van der Waals surface area contributed by atoms with Crippen LogP contribution in [0, 0.1) is 0 Å². The summed E-state index contributed by atoms with van der Waals surface area (Å²) in [7, 11) is 0. The zero-order valence-corrected chi connectivity index (χ0v) is 35.3. The summed E-state index contributed by atoms with van der Waals surface area (Å²) in [5.74, 6) is 0. The van der Waals surface area contributed by atoms with Crippen molar-refractivity contribution in [1.29, 1.82) is 0 Å². The molecular formula is C63H38O2. The molecule has 302 valence electrons. The predicted molar refractivity (Wildman–Crippen MR) is 270 cm³/mol. The van der Waals surface area contributed by atoms with E-state index in [0.29, 0.717) is 0 Å². The van der Waals surface area contributed by atoms with Crippen LogP contribution in [0.5, 0.6) is 0 Å². The van der Waals surface area contributed by atoms with Gasteiger partial charge in [-0.1, -0.05) is 182 Å². The van der Waals surface area contributed by atoms with Crippen molar-refractivity contribution in [3.05, 3.63) is 253 Å². The number of furan rings is 2. The molecule has 11 aromatic carbocycles. The van der Waals surface area contributed by atoms with Crippen LogP contribution in [0.2, 0.25) is 0 Å². The van der Waals surface area contributed by atoms with Crippen molar-refractivity contribution >= 4 is 65.4 Å². The third-order valence-corrected chi connectivity index (χ3v) is 14.2. The van der Waals surface area contributed by atoms with Crippen molar-refractivity contribution in [2.45, 2.75) is 5.41 Å². The van der Waals surface area contributed by atoms with Crippen LogP contribution < -0.4 is 0 Å². The maximum absolute atomic E-state index is 6.47. The minimum Gasteiger partial charge on any atom is -0.456 e. The van der Waals surface area contributed by atoms with Gasteiger partial charge in [0.1, 0.15) is 22.3 Å². The fourth-order valence-electron chi connectivity index (χ4n) is 11.4. The molecule has 1 aliphatic carbocycles. The minimum atomic E-state index is -0.473. The summed E-state index contributed by atoms with van der Waals surface area (Å²) in [6.45, 7) is 0. The van der Waals surface area contributed by atoms with Crippen LogP contribution in [0.3, 0.4) is 0 Å². The van der Waals surface area contributed by atoms with Crippen molar-refractivity contribution in [2.24, 2.45) is 0 Å². The van der Waals surface area contributed by atoms with Gasteiger partial charge < -0.3 is 8.83 Å². The zero-order chi connectivity index (χ0) is 42.6. The molecule has 0 spiro atoms. The van der Waals surface area contributed by atoms with Crippen LogP contribution in [-0.4, -0.2) is 0 Å². The van der Waals surface area contributed by atoms with Crippen molar-refractivity contribution in [3.8, 4) is 44.5 Å². The van der Waals surface area contributed by atoms with Gasteiger partial charge >= 0.3 is 0 Å². The highest BCUT2D eigenvalue weighted by molar-refractivity contribution is 6.20. The molecule has 0 atom stereocenters. The van der Waals surface area contributed by atoms with Crippen molar-refractivity contribution in [3.63, 3.8) is 0 Å². The van der Waals surface area contributed by atoms with Gasteiger partial charge in [0.2, 0.25) is 0 Å². The molecule has 2 heteroatoms. The summed E-state index contributed by atoms with van der Waals surface area (Å²) in [5, 5.41) is 9.29. The van der Waals surface area contributed by atoms with Crippen LogP contribution in [0.25, 0.3) is 110 Å². The quantitative estimate of drug-likeness (QED) is 0.162. The molecule has 2 nitrogen and oxygen atoms in total. The predicted octanol–water partition coefficient (Wildman–Crippen LogP) is 17.2. The summed E-state index contributed by atoms with van der Waals surface area (Å²) in [4.78, 5) is 0. The van der Waals surface area contributed by atoms with E-state index in [9.17, 15) is 0 Å². The third kappa shape index (κ3) is 5.17. The molecule has 0 N–H and O–H groups in total. The Kier molecular flexibility index (Phi) is 7.64. The Morgan fingerprint density at radius 3 is 1.28 bits per heavy atom. The number of benzene rings is 11. The molecule has 0 aliphatic heterocycles. The number of fused-ring (bicyclic) bond motifs is 11. The summed E-state index contributed by atoms with van der Waals surface area (Å²) >= 11 is 0. The van der Waals surface area contributed by atoms with E-state index >= 15 is 0 Å². The topological polar surface area (TPSA) is 26.3 Å². The van der Waals surface area contributed by atoms with E-state index < -0.39 is 5.41 Å². The molecule has 1 aliphatic rings. The van der Waals surface area contributed by atoms with E-state index in [-0.39, 0.29) is 0 Å². The molecular weight excluding hydrogens is 789 g/mol. The second-order valence-corrected chi connectivity index (χ2v) is 17.5. The normalized spacial score (nSPS) is 13.0. The van der Waals surface area contributed by atoms with Crippen LogP contribution in [0.4, 0.5) is 0 Å². The van der Waals surface area contributed by atoms with E-state index in [4.69, 9.17) is 8.83 Å². The Labute approximate surface area is 375 Å². The number of para-hydroxylation sites is 2. The first-order chi connectivity index (χ1) is 32.2. The SMILES string of the molecule is c1ccc(C2(c3ccccc3)c3ccccc3-c3cc(-c4c5cccc(-c6ccc7c(c6)oc6ccccc67)c5cc5c(-c6ccc7c(c6)oc6ccccc67)cccc45)ccc32)cc1. The zero-order valence-electron chi connectivity index (χ0n) is 35.3. The van der Waals surface area contributed by atoms with Crippen LogP contribution >= 0.6 is 0 Å². The average Bonchev–Trinajstić information content (AvgIpc) is 4.03. The summed E-state index contributed by atoms with van der Waals surface area (Å²) < 4.78 is 12.9. The van der Waals surface area contributed by atoms with Crippen molar-refractivity contribution in [1.82, 2.24) is 0 Å². The molecule has 2 heterocycles. The Morgan fingerprint density at radius 1 is 0.246 bits per heavy atom. The molecule has 0 amide bonds. The molecule has 0 unspecified atom stereocenters. The van der Waals surface area contributed by atoms with E-state index in [0.717, 1.165) is 66.1 Å². The number of hydrogen-bond donors (Lipinski definition) is 0. The first-order valence-electron chi connectivity index (χ1n) is 22.4. The maximum atomic E-state index is 6.47. The van der Waals surface area contributed by atoms with Gasteiger partial charge in [-0.05, 0) is 137 Å². The summed E-state index contributed by atoms with van der Waals surface area (Å²) in [6.07, 6.45) is 0. The van der Waals surface area contributed by atoms with Crippen LogP contribution in [0.15, 0.2) is 239 Å². The van der Waals surface area contributed by atoms with Crippen molar-refractivity contribution in [2.75, 3.05) is 0 Å². The third-order valence-electron chi connectivity index (χ3n) is 14.2. The monoisotopic (exact) mass is 826 g/mol. The molecule has 2 aromatic heterocycles. The fraction of sp³-hybridized carbons (Fsp3) is 0.0159. The summed E-state index contributed by atoms with van der Waals surface area (Å²) in [5.41, 5.74) is 17.7. The van der Waals surface area contributed by atoms with Gasteiger partial charge in [-0.2, -0.15) is 0 Å². The molecule has 0 radical (unpaired) electrons. The Balaban J connectivity index is 1.05. The van der Waals surface area contributed by atoms with Gasteiger partial charge in [0.05, 0.1) is 5.41 Å². The summed E-state index contributed by atoms with van der Waals surface area (Å²) in [6, 6.07) is 84.3. The van der Waals surface area contributed by atoms with E-state index in [1.807, 2.05) is 24.3 Å². The second-order valence-electron chi connectivity index (χ2n) is 17.5. The molecule has 0 bridgehead atoms. The Bertz CT molecular complexity index is 3850. The van der Waals surface area contributed by atoms with Gasteiger partial charge in [0, 0.05) is 21.5 Å². The van der Waals surface area contributed by atoms with E-state index in [2.05, 4.69) is 206 Å². The molecule has 0 saturated carbocycles. The van der Waals surface area contributed by atoms with Gasteiger partial charge in [0.25, 0.3) is 0 Å². The van der Waals surface area contributed by atoms with Crippen LogP contribution in [-0.2, 0) is 5.41 Å². The number of rotatable bonds is 5. The lowest BCUT2D eigenvalue weighted by molar-refractivity contribution is 0.668. The average molecular weight is 827 g/mol. The van der Waals surface area contributed by atoms with Crippen LogP contribution in [0.1, 0.15) is 22.3 Å². The first-order valence-corrected chi connectivity index (χ1v) is 22.4. The first kappa shape index (κ1) is 36.1. The highest BCUT2D eigenvalue weighted by atomic mass is 16.3. The lowest BCUT2D eigenvalue weighted by Crippen LogP contribution is -2.28. The van der Waals surface area contributed by atoms with Gasteiger partial charge in [-0.25, -0.2) is 0 Å². The smallest absolute Gasteiger partial charge is 0.136 e. The Hall–Kier alpha value is -8.46. The second kappa shape index (κ2) is 13.8. The lowest BCUT2D eigenvalue weighted by atomic mass is 9.67. The fourth-order valence-corrected chi connectivity index (χ4v) is 11.4. The van der Waals surface area contributed by atoms with E-state index in [1.165, 1.54) is 66.1 Å². The Morgan fingerprint density at radius 2 is 0.692 bits per heavy atom. The molecule has 65 heavy (non-hydrogen) atoms. The maximum Gasteiger partial charge on any atom is 0.136 e. The molecule has 13 aromatic rings. The van der Waals surface area contributed by atoms with Gasteiger partial charge in [-0.15, -0.1) is 0 Å². The highest BCUT2D eigenvalue weighted by Crippen LogP contribution is 2.57.